The number of halogens is 1. The summed E-state index contributed by atoms with van der Waals surface area (Å²) in [7, 11) is -3.66. The molecule has 0 aliphatic carbocycles. The molecule has 2 N–H and O–H groups in total. The van der Waals surface area contributed by atoms with E-state index in [2.05, 4.69) is 5.32 Å². The number of phenols is 1. The summed E-state index contributed by atoms with van der Waals surface area (Å²) in [6.07, 6.45) is 1.53. The number of nitrogens with zero attached hydrogens (tertiary/aromatic N) is 1. The second kappa shape index (κ2) is 7.43. The highest BCUT2D eigenvalue weighted by Crippen LogP contribution is 2.29. The number of phenolic OH excluding ortho intramolecular Hbond substituents is 1. The molecule has 26 heavy (non-hydrogen) atoms. The number of sulfonamides is 1. The van der Waals surface area contributed by atoms with Gasteiger partial charge in [-0.1, -0.05) is 12.1 Å². The number of carbonyl (C=O) groups is 1. The predicted octanol–water partition coefficient (Wildman–Crippen LogP) is 2.50. The number of benzene rings is 2. The minimum absolute atomic E-state index is 0.00618. The van der Waals surface area contributed by atoms with Crippen LogP contribution >= 0.6 is 0 Å². The Balaban J connectivity index is 1.78. The standard InChI is InChI=1S/C18H19FN2O4S/c19-14-5-3-4-13(10-14)11-18(23)20-16-12-15(6-7-17(16)22)26(24,25)21-8-1-2-9-21/h3-7,10,12,22H,1-2,8-9,11H2,(H,20,23). The van der Waals surface area contributed by atoms with Gasteiger partial charge in [0.15, 0.2) is 0 Å². The first-order valence-electron chi connectivity index (χ1n) is 8.24. The third-order valence-corrected chi connectivity index (χ3v) is 6.09. The van der Waals surface area contributed by atoms with Crippen LogP contribution in [0.3, 0.4) is 0 Å². The Morgan fingerprint density at radius 1 is 1.15 bits per heavy atom. The van der Waals surface area contributed by atoms with Gasteiger partial charge in [-0.15, -0.1) is 0 Å². The number of carbonyl (C=O) groups excluding carboxylic acids is 1. The van der Waals surface area contributed by atoms with Crippen LogP contribution in [-0.4, -0.2) is 36.8 Å². The number of hydrogen-bond donors (Lipinski definition) is 2. The molecule has 1 aliphatic heterocycles. The van der Waals surface area contributed by atoms with E-state index in [4.69, 9.17) is 0 Å². The van der Waals surface area contributed by atoms with E-state index in [1.807, 2.05) is 0 Å². The topological polar surface area (TPSA) is 86.7 Å². The molecule has 0 atom stereocenters. The summed E-state index contributed by atoms with van der Waals surface area (Å²) < 4.78 is 39.8. The molecule has 2 aromatic rings. The van der Waals surface area contributed by atoms with Crippen molar-refractivity contribution in [3.63, 3.8) is 0 Å². The largest absolute Gasteiger partial charge is 0.506 e. The minimum Gasteiger partial charge on any atom is -0.506 e. The summed E-state index contributed by atoms with van der Waals surface area (Å²) in [5.41, 5.74) is 0.481. The van der Waals surface area contributed by atoms with Crippen LogP contribution in [0.1, 0.15) is 18.4 Å². The molecule has 1 fully saturated rings. The number of aromatic hydroxyl groups is 1. The highest BCUT2D eigenvalue weighted by molar-refractivity contribution is 7.89. The third-order valence-electron chi connectivity index (χ3n) is 4.20. The van der Waals surface area contributed by atoms with Crippen LogP contribution < -0.4 is 5.32 Å². The quantitative estimate of drug-likeness (QED) is 0.783. The first-order valence-corrected chi connectivity index (χ1v) is 9.68. The summed E-state index contributed by atoms with van der Waals surface area (Å²) in [5, 5.41) is 12.4. The maximum Gasteiger partial charge on any atom is 0.243 e. The summed E-state index contributed by atoms with van der Waals surface area (Å²) in [4.78, 5) is 12.2. The van der Waals surface area contributed by atoms with Gasteiger partial charge in [0.1, 0.15) is 11.6 Å². The fourth-order valence-electron chi connectivity index (χ4n) is 2.88. The van der Waals surface area contributed by atoms with Crippen molar-refractivity contribution in [2.75, 3.05) is 18.4 Å². The Morgan fingerprint density at radius 2 is 1.88 bits per heavy atom. The number of nitrogens with one attached hydrogen (secondary N) is 1. The molecule has 1 amide bonds. The molecule has 2 aromatic carbocycles. The summed E-state index contributed by atoms with van der Waals surface area (Å²) in [6, 6.07) is 9.42. The lowest BCUT2D eigenvalue weighted by molar-refractivity contribution is -0.115. The first-order chi connectivity index (χ1) is 12.4. The van der Waals surface area contributed by atoms with Crippen molar-refractivity contribution in [1.29, 1.82) is 0 Å². The van der Waals surface area contributed by atoms with Crippen LogP contribution in [0.5, 0.6) is 5.75 Å². The fraction of sp³-hybridized carbons (Fsp3) is 0.278. The van der Waals surface area contributed by atoms with Crippen molar-refractivity contribution in [2.24, 2.45) is 0 Å². The van der Waals surface area contributed by atoms with Crippen molar-refractivity contribution in [3.8, 4) is 5.75 Å². The van der Waals surface area contributed by atoms with E-state index in [9.17, 15) is 22.7 Å². The van der Waals surface area contributed by atoms with Gasteiger partial charge in [-0.05, 0) is 48.7 Å². The van der Waals surface area contributed by atoms with Crippen LogP contribution in [0.2, 0.25) is 0 Å². The molecular weight excluding hydrogens is 359 g/mol. The van der Waals surface area contributed by atoms with Crippen molar-refractivity contribution in [1.82, 2.24) is 4.31 Å². The third kappa shape index (κ3) is 4.03. The molecule has 1 aliphatic rings. The van der Waals surface area contributed by atoms with Gasteiger partial charge in [0.05, 0.1) is 17.0 Å². The van der Waals surface area contributed by atoms with Crippen molar-refractivity contribution in [3.05, 3.63) is 53.8 Å². The second-order valence-electron chi connectivity index (χ2n) is 6.15. The molecular formula is C18H19FN2O4S. The van der Waals surface area contributed by atoms with E-state index in [1.165, 1.54) is 40.7 Å². The van der Waals surface area contributed by atoms with Crippen molar-refractivity contribution >= 4 is 21.6 Å². The van der Waals surface area contributed by atoms with Gasteiger partial charge in [0, 0.05) is 13.1 Å². The second-order valence-corrected chi connectivity index (χ2v) is 8.08. The maximum atomic E-state index is 13.2. The summed E-state index contributed by atoms with van der Waals surface area (Å²) in [6.45, 7) is 0.926. The lowest BCUT2D eigenvalue weighted by Gasteiger charge is -2.16. The van der Waals surface area contributed by atoms with Gasteiger partial charge in [-0.25, -0.2) is 12.8 Å². The van der Waals surface area contributed by atoms with E-state index >= 15 is 0 Å². The first kappa shape index (κ1) is 18.3. The van der Waals surface area contributed by atoms with Crippen LogP contribution in [0.25, 0.3) is 0 Å². The van der Waals surface area contributed by atoms with E-state index < -0.39 is 21.7 Å². The van der Waals surface area contributed by atoms with E-state index in [0.29, 0.717) is 18.7 Å². The normalized spacial score (nSPS) is 15.1. The van der Waals surface area contributed by atoms with Gasteiger partial charge in [0.2, 0.25) is 15.9 Å². The highest BCUT2D eigenvalue weighted by atomic mass is 32.2. The molecule has 0 unspecified atom stereocenters. The zero-order valence-electron chi connectivity index (χ0n) is 14.0. The average molecular weight is 378 g/mol. The maximum absolute atomic E-state index is 13.2. The molecule has 1 heterocycles. The molecule has 0 bridgehead atoms. The van der Waals surface area contributed by atoms with Gasteiger partial charge < -0.3 is 10.4 Å². The smallest absolute Gasteiger partial charge is 0.243 e. The van der Waals surface area contributed by atoms with E-state index in [-0.39, 0.29) is 22.8 Å². The van der Waals surface area contributed by atoms with Gasteiger partial charge in [-0.2, -0.15) is 4.31 Å². The van der Waals surface area contributed by atoms with Crippen molar-refractivity contribution < 1.29 is 22.7 Å². The van der Waals surface area contributed by atoms with Gasteiger partial charge in [-0.3, -0.25) is 4.79 Å². The Kier molecular flexibility index (Phi) is 5.24. The number of rotatable bonds is 5. The molecule has 0 radical (unpaired) electrons. The molecule has 0 aromatic heterocycles. The van der Waals surface area contributed by atoms with Crippen LogP contribution in [0.4, 0.5) is 10.1 Å². The van der Waals surface area contributed by atoms with E-state index in [0.717, 1.165) is 12.8 Å². The van der Waals surface area contributed by atoms with E-state index in [1.54, 1.807) is 6.07 Å². The fourth-order valence-corrected chi connectivity index (χ4v) is 4.42. The SMILES string of the molecule is O=C(Cc1cccc(F)c1)Nc1cc(S(=O)(=O)N2CCCC2)ccc1O. The molecule has 1 saturated heterocycles. The highest BCUT2D eigenvalue weighted by Gasteiger charge is 2.27. The zero-order chi connectivity index (χ0) is 18.7. The molecule has 8 heteroatoms. The molecule has 0 saturated carbocycles. The lowest BCUT2D eigenvalue weighted by Crippen LogP contribution is -2.28. The monoisotopic (exact) mass is 378 g/mol. The van der Waals surface area contributed by atoms with Gasteiger partial charge >= 0.3 is 0 Å². The minimum atomic E-state index is -3.66. The molecule has 0 spiro atoms. The van der Waals surface area contributed by atoms with Crippen LogP contribution in [-0.2, 0) is 21.2 Å². The van der Waals surface area contributed by atoms with Crippen LogP contribution in [0, 0.1) is 5.82 Å². The average Bonchev–Trinajstić information content (AvgIpc) is 3.12. The Labute approximate surface area is 151 Å². The van der Waals surface area contributed by atoms with Crippen LogP contribution in [0.15, 0.2) is 47.4 Å². The number of hydrogen-bond acceptors (Lipinski definition) is 4. The summed E-state index contributed by atoms with van der Waals surface area (Å²) >= 11 is 0. The Bertz CT molecular complexity index is 925. The zero-order valence-corrected chi connectivity index (χ0v) is 14.8. The summed E-state index contributed by atoms with van der Waals surface area (Å²) in [5.74, 6) is -1.17. The predicted molar refractivity (Wildman–Crippen MR) is 94.8 cm³/mol. The van der Waals surface area contributed by atoms with Crippen molar-refractivity contribution in [2.45, 2.75) is 24.2 Å². The number of anilines is 1. The molecule has 3 rings (SSSR count). The lowest BCUT2D eigenvalue weighted by atomic mass is 10.1. The number of amides is 1. The van der Waals surface area contributed by atoms with Gasteiger partial charge in [0.25, 0.3) is 0 Å². The molecule has 6 nitrogen and oxygen atoms in total. The Morgan fingerprint density at radius 3 is 2.58 bits per heavy atom. The Hall–Kier alpha value is -2.45. The molecule has 138 valence electrons.